The summed E-state index contributed by atoms with van der Waals surface area (Å²) in [4.78, 5) is 14.6. The van der Waals surface area contributed by atoms with E-state index in [0.717, 1.165) is 22.7 Å². The van der Waals surface area contributed by atoms with Crippen molar-refractivity contribution in [2.75, 3.05) is 25.5 Å². The van der Waals surface area contributed by atoms with Crippen LogP contribution in [-0.4, -0.2) is 40.8 Å². The lowest BCUT2D eigenvalue weighted by atomic mass is 10.2. The summed E-state index contributed by atoms with van der Waals surface area (Å²) >= 11 is 0. The highest BCUT2D eigenvalue weighted by atomic mass is 16.5. The molecular formula is C23H28N4O2. The first-order chi connectivity index (χ1) is 13.9. The van der Waals surface area contributed by atoms with Gasteiger partial charge in [0.25, 0.3) is 0 Å². The van der Waals surface area contributed by atoms with Crippen molar-refractivity contribution in [2.45, 2.75) is 27.3 Å². The van der Waals surface area contributed by atoms with Crippen molar-refractivity contribution in [2.24, 2.45) is 0 Å². The van der Waals surface area contributed by atoms with Gasteiger partial charge in [0.2, 0.25) is 5.91 Å². The van der Waals surface area contributed by atoms with Crippen molar-refractivity contribution in [3.8, 4) is 11.4 Å². The van der Waals surface area contributed by atoms with Crippen LogP contribution in [-0.2, 0) is 11.3 Å². The second-order valence-electron chi connectivity index (χ2n) is 7.22. The molecule has 1 N–H and O–H groups in total. The number of nitrogens with zero attached hydrogens (tertiary/aromatic N) is 3. The van der Waals surface area contributed by atoms with Crippen LogP contribution in [0.5, 0.6) is 5.75 Å². The van der Waals surface area contributed by atoms with E-state index in [1.54, 1.807) is 4.68 Å². The van der Waals surface area contributed by atoms with Crippen molar-refractivity contribution in [1.29, 1.82) is 0 Å². The molecule has 0 aliphatic heterocycles. The topological polar surface area (TPSA) is 59.4 Å². The molecule has 0 saturated heterocycles. The van der Waals surface area contributed by atoms with Gasteiger partial charge in [-0.1, -0.05) is 29.8 Å². The Morgan fingerprint density at radius 1 is 1.10 bits per heavy atom. The molecule has 29 heavy (non-hydrogen) atoms. The van der Waals surface area contributed by atoms with Crippen LogP contribution in [0.25, 0.3) is 5.69 Å². The van der Waals surface area contributed by atoms with Gasteiger partial charge in [-0.15, -0.1) is 0 Å². The maximum absolute atomic E-state index is 12.6. The third-order valence-electron chi connectivity index (χ3n) is 4.48. The standard InChI is InChI=1S/C23H28N4O2/c1-5-29-21-12-8-19(9-13-21)15-26(4)16-23(28)24-22-14-18(3)25-27(22)20-10-6-17(2)7-11-20/h6-14H,5,15-16H2,1-4H3,(H,24,28). The molecule has 1 amide bonds. The van der Waals surface area contributed by atoms with Crippen LogP contribution in [0.4, 0.5) is 5.82 Å². The van der Waals surface area contributed by atoms with Crippen molar-refractivity contribution < 1.29 is 9.53 Å². The van der Waals surface area contributed by atoms with Crippen LogP contribution in [0.15, 0.2) is 54.6 Å². The number of amides is 1. The van der Waals surface area contributed by atoms with Gasteiger partial charge in [0.1, 0.15) is 11.6 Å². The molecule has 3 rings (SSSR count). The lowest BCUT2D eigenvalue weighted by Crippen LogP contribution is -2.30. The van der Waals surface area contributed by atoms with Gasteiger partial charge in [0, 0.05) is 12.6 Å². The molecule has 0 saturated carbocycles. The Kier molecular flexibility index (Phi) is 6.67. The lowest BCUT2D eigenvalue weighted by molar-refractivity contribution is -0.117. The molecule has 0 unspecified atom stereocenters. The SMILES string of the molecule is CCOc1ccc(CN(C)CC(=O)Nc2cc(C)nn2-c2ccc(C)cc2)cc1. The number of carbonyl (C=O) groups excluding carboxylic acids is 1. The average Bonchev–Trinajstić information content (AvgIpc) is 3.04. The molecule has 2 aromatic carbocycles. The van der Waals surface area contributed by atoms with E-state index in [0.29, 0.717) is 19.0 Å². The Labute approximate surface area is 172 Å². The zero-order valence-electron chi connectivity index (χ0n) is 17.5. The molecule has 6 nitrogen and oxygen atoms in total. The zero-order valence-corrected chi connectivity index (χ0v) is 17.5. The second kappa shape index (κ2) is 9.39. The van der Waals surface area contributed by atoms with E-state index >= 15 is 0 Å². The van der Waals surface area contributed by atoms with Crippen LogP contribution in [0.3, 0.4) is 0 Å². The first-order valence-electron chi connectivity index (χ1n) is 9.78. The van der Waals surface area contributed by atoms with Crippen LogP contribution in [0, 0.1) is 13.8 Å². The highest BCUT2D eigenvalue weighted by Crippen LogP contribution is 2.18. The highest BCUT2D eigenvalue weighted by Gasteiger charge is 2.13. The summed E-state index contributed by atoms with van der Waals surface area (Å²) < 4.78 is 7.23. The van der Waals surface area contributed by atoms with Crippen LogP contribution in [0.2, 0.25) is 0 Å². The van der Waals surface area contributed by atoms with E-state index in [2.05, 4.69) is 10.4 Å². The fourth-order valence-electron chi connectivity index (χ4n) is 3.12. The molecule has 6 heteroatoms. The molecule has 0 aliphatic rings. The third-order valence-corrected chi connectivity index (χ3v) is 4.48. The molecule has 0 radical (unpaired) electrons. The number of hydrogen-bond donors (Lipinski definition) is 1. The molecule has 1 aromatic heterocycles. The smallest absolute Gasteiger partial charge is 0.239 e. The molecule has 152 valence electrons. The highest BCUT2D eigenvalue weighted by molar-refractivity contribution is 5.91. The Morgan fingerprint density at radius 2 is 1.79 bits per heavy atom. The summed E-state index contributed by atoms with van der Waals surface area (Å²) in [6.07, 6.45) is 0. The van der Waals surface area contributed by atoms with E-state index < -0.39 is 0 Å². The third kappa shape index (κ3) is 5.68. The number of benzene rings is 2. The monoisotopic (exact) mass is 392 g/mol. The number of nitrogens with one attached hydrogen (secondary N) is 1. The van der Waals surface area contributed by atoms with Gasteiger partial charge in [-0.2, -0.15) is 5.10 Å². The maximum Gasteiger partial charge on any atom is 0.239 e. The van der Waals surface area contributed by atoms with Crippen molar-refractivity contribution in [3.05, 3.63) is 71.4 Å². The number of hydrogen-bond acceptors (Lipinski definition) is 4. The predicted molar refractivity (Wildman–Crippen MR) is 116 cm³/mol. The molecule has 0 atom stereocenters. The summed E-state index contributed by atoms with van der Waals surface area (Å²) in [5.41, 5.74) is 4.08. The van der Waals surface area contributed by atoms with E-state index in [1.165, 1.54) is 5.56 Å². The largest absolute Gasteiger partial charge is 0.494 e. The molecule has 0 aliphatic carbocycles. The number of aryl methyl sites for hydroxylation is 2. The number of ether oxygens (including phenoxy) is 1. The van der Waals surface area contributed by atoms with E-state index in [1.807, 2.05) is 87.3 Å². The van der Waals surface area contributed by atoms with Gasteiger partial charge < -0.3 is 10.1 Å². The van der Waals surface area contributed by atoms with Gasteiger partial charge in [0.15, 0.2) is 0 Å². The number of rotatable bonds is 8. The van der Waals surface area contributed by atoms with Gasteiger partial charge in [-0.3, -0.25) is 9.69 Å². The summed E-state index contributed by atoms with van der Waals surface area (Å²) in [6.45, 7) is 7.53. The fraction of sp³-hybridized carbons (Fsp3) is 0.304. The fourth-order valence-corrected chi connectivity index (χ4v) is 3.12. The number of aromatic nitrogens is 2. The average molecular weight is 393 g/mol. The van der Waals surface area contributed by atoms with E-state index in [9.17, 15) is 4.79 Å². The lowest BCUT2D eigenvalue weighted by Gasteiger charge is -2.17. The van der Waals surface area contributed by atoms with Gasteiger partial charge in [-0.05, 0) is 57.6 Å². The first kappa shape index (κ1) is 20.6. The minimum absolute atomic E-state index is 0.0771. The Balaban J connectivity index is 1.61. The minimum atomic E-state index is -0.0771. The molecule has 0 fully saturated rings. The summed E-state index contributed by atoms with van der Waals surface area (Å²) in [6, 6.07) is 17.9. The summed E-state index contributed by atoms with van der Waals surface area (Å²) in [5, 5.41) is 7.50. The molecule has 1 heterocycles. The maximum atomic E-state index is 12.6. The second-order valence-corrected chi connectivity index (χ2v) is 7.22. The summed E-state index contributed by atoms with van der Waals surface area (Å²) in [7, 11) is 1.93. The molecule has 0 bridgehead atoms. The van der Waals surface area contributed by atoms with Crippen LogP contribution in [0.1, 0.15) is 23.7 Å². The molecule has 3 aromatic rings. The van der Waals surface area contributed by atoms with Crippen molar-refractivity contribution >= 4 is 11.7 Å². The normalized spacial score (nSPS) is 10.9. The van der Waals surface area contributed by atoms with Gasteiger partial charge in [-0.25, -0.2) is 4.68 Å². The first-order valence-corrected chi connectivity index (χ1v) is 9.78. The molecular weight excluding hydrogens is 364 g/mol. The Hall–Kier alpha value is -3.12. The summed E-state index contributed by atoms with van der Waals surface area (Å²) in [5.74, 6) is 1.45. The van der Waals surface area contributed by atoms with Crippen LogP contribution < -0.4 is 10.1 Å². The Morgan fingerprint density at radius 3 is 2.45 bits per heavy atom. The van der Waals surface area contributed by atoms with Crippen LogP contribution >= 0.6 is 0 Å². The van der Waals surface area contributed by atoms with Crippen molar-refractivity contribution in [1.82, 2.24) is 14.7 Å². The Bertz CT molecular complexity index is 946. The van der Waals surface area contributed by atoms with Gasteiger partial charge in [0.05, 0.1) is 24.5 Å². The molecule has 0 spiro atoms. The number of anilines is 1. The number of likely N-dealkylation sites (N-methyl/N-ethyl adjacent to an activating group) is 1. The predicted octanol–water partition coefficient (Wildman–Crippen LogP) is 3.96. The minimum Gasteiger partial charge on any atom is -0.494 e. The quantitative estimate of drug-likeness (QED) is 0.630. The zero-order chi connectivity index (χ0) is 20.8. The number of carbonyl (C=O) groups is 1. The van der Waals surface area contributed by atoms with E-state index in [4.69, 9.17) is 4.74 Å². The van der Waals surface area contributed by atoms with Crippen molar-refractivity contribution in [3.63, 3.8) is 0 Å². The van der Waals surface area contributed by atoms with Gasteiger partial charge >= 0.3 is 0 Å². The van der Waals surface area contributed by atoms with E-state index in [-0.39, 0.29) is 12.5 Å².